The van der Waals surface area contributed by atoms with Gasteiger partial charge in [-0.15, -0.1) is 0 Å². The molecule has 2 heterocycles. The topological polar surface area (TPSA) is 99.3 Å². The zero-order valence-corrected chi connectivity index (χ0v) is 28.2. The molecule has 10 heteroatoms. The van der Waals surface area contributed by atoms with E-state index in [2.05, 4.69) is 5.32 Å². The summed E-state index contributed by atoms with van der Waals surface area (Å²) < 4.78 is 31.8. The number of ether oxygens (including phenoxy) is 1. The predicted molar refractivity (Wildman–Crippen MR) is 181 cm³/mol. The molecule has 1 aliphatic carbocycles. The number of rotatable bonds is 4. The number of benzene rings is 2. The van der Waals surface area contributed by atoms with E-state index in [1.54, 1.807) is 28.9 Å². The molecule has 246 valence electrons. The Kier molecular flexibility index (Phi) is 10.4. The van der Waals surface area contributed by atoms with E-state index in [0.29, 0.717) is 30.2 Å². The Bertz CT molecular complexity index is 1450. The van der Waals surface area contributed by atoms with E-state index in [1.807, 2.05) is 37.3 Å². The number of sulfonamides is 1. The van der Waals surface area contributed by atoms with Crippen molar-refractivity contribution in [3.63, 3.8) is 0 Å². The molecule has 5 rings (SSSR count). The van der Waals surface area contributed by atoms with Crippen LogP contribution in [0.2, 0.25) is 0 Å². The van der Waals surface area contributed by atoms with Gasteiger partial charge in [-0.25, -0.2) is 13.2 Å². The summed E-state index contributed by atoms with van der Waals surface area (Å²) in [5.41, 5.74) is 3.61. The summed E-state index contributed by atoms with van der Waals surface area (Å²) in [5.74, 6) is -0.0782. The van der Waals surface area contributed by atoms with E-state index in [9.17, 15) is 18.0 Å². The molecule has 2 aliphatic heterocycles. The van der Waals surface area contributed by atoms with Gasteiger partial charge >= 0.3 is 6.09 Å². The van der Waals surface area contributed by atoms with Gasteiger partial charge in [0.2, 0.25) is 15.9 Å². The first-order chi connectivity index (χ1) is 21.5. The molecule has 1 unspecified atom stereocenters. The van der Waals surface area contributed by atoms with Crippen LogP contribution in [0.3, 0.4) is 0 Å². The van der Waals surface area contributed by atoms with E-state index in [0.717, 1.165) is 36.9 Å². The van der Waals surface area contributed by atoms with Crippen LogP contribution in [-0.2, 0) is 19.6 Å². The number of carbonyl (C=O) groups excluding carboxylic acids is 2. The molecule has 1 saturated heterocycles. The second-order valence-electron chi connectivity index (χ2n) is 13.3. The first-order valence-corrected chi connectivity index (χ1v) is 18.5. The number of nitrogens with zero attached hydrogens (tertiary/aromatic N) is 3. The SMILES string of the molecule is CC(=O)N1c2ccc(-c3ccc(N(C)S(C)(=O)=O)cc3)cc2N(C(=O)OC2CNCCC23CCCCCCCCCC3)C[C@@H]1C. The lowest BCUT2D eigenvalue weighted by molar-refractivity contribution is -0.117. The van der Waals surface area contributed by atoms with Gasteiger partial charge in [-0.05, 0) is 68.1 Å². The van der Waals surface area contributed by atoms with E-state index in [1.165, 1.54) is 69.0 Å². The number of carbonyl (C=O) groups is 2. The molecule has 1 spiro atoms. The Labute approximate surface area is 269 Å². The number of fused-ring (bicyclic) bond motifs is 1. The Morgan fingerprint density at radius 2 is 1.49 bits per heavy atom. The maximum atomic E-state index is 14.2. The summed E-state index contributed by atoms with van der Waals surface area (Å²) >= 11 is 0. The van der Waals surface area contributed by atoms with Crippen molar-refractivity contribution in [1.29, 1.82) is 0 Å². The predicted octanol–water partition coefficient (Wildman–Crippen LogP) is 6.71. The van der Waals surface area contributed by atoms with Crippen LogP contribution in [-0.4, -0.2) is 65.5 Å². The maximum absolute atomic E-state index is 14.2. The minimum Gasteiger partial charge on any atom is -0.444 e. The van der Waals surface area contributed by atoms with E-state index < -0.39 is 10.0 Å². The molecule has 2 atom stereocenters. The zero-order chi connectivity index (χ0) is 32.2. The second kappa shape index (κ2) is 14.1. The number of piperidine rings is 1. The normalized spacial score (nSPS) is 22.7. The molecule has 3 aliphatic rings. The highest BCUT2D eigenvalue weighted by Gasteiger charge is 2.44. The third-order valence-electron chi connectivity index (χ3n) is 10.2. The lowest BCUT2D eigenvalue weighted by Crippen LogP contribution is -2.55. The molecule has 45 heavy (non-hydrogen) atoms. The first kappa shape index (κ1) is 33.3. The molecule has 0 radical (unpaired) electrons. The summed E-state index contributed by atoms with van der Waals surface area (Å²) in [4.78, 5) is 30.4. The van der Waals surface area contributed by atoms with E-state index in [-0.39, 0.29) is 29.6 Å². The molecular formula is C35H50N4O5S. The average molecular weight is 639 g/mol. The van der Waals surface area contributed by atoms with Crippen molar-refractivity contribution >= 4 is 39.1 Å². The fourth-order valence-corrected chi connectivity index (χ4v) is 8.03. The van der Waals surface area contributed by atoms with Crippen LogP contribution in [0.25, 0.3) is 11.1 Å². The summed E-state index contributed by atoms with van der Waals surface area (Å²) in [6.45, 7) is 5.46. The summed E-state index contributed by atoms with van der Waals surface area (Å²) in [7, 11) is -1.86. The number of amides is 2. The van der Waals surface area contributed by atoms with Crippen molar-refractivity contribution in [2.45, 2.75) is 96.6 Å². The van der Waals surface area contributed by atoms with Crippen molar-refractivity contribution in [3.8, 4) is 11.1 Å². The Balaban J connectivity index is 1.44. The van der Waals surface area contributed by atoms with Gasteiger partial charge in [-0.3, -0.25) is 14.0 Å². The second-order valence-corrected chi connectivity index (χ2v) is 15.4. The quantitative estimate of drug-likeness (QED) is 0.400. The van der Waals surface area contributed by atoms with Crippen molar-refractivity contribution in [1.82, 2.24) is 5.32 Å². The van der Waals surface area contributed by atoms with Gasteiger partial charge in [0.25, 0.3) is 0 Å². The van der Waals surface area contributed by atoms with Crippen molar-refractivity contribution in [2.75, 3.05) is 47.0 Å². The molecule has 2 amide bonds. The fraction of sp³-hybridized carbons (Fsp3) is 0.600. The molecule has 0 aromatic heterocycles. The molecule has 2 aromatic carbocycles. The van der Waals surface area contributed by atoms with Crippen LogP contribution in [0.1, 0.15) is 84.5 Å². The largest absolute Gasteiger partial charge is 0.444 e. The Morgan fingerprint density at radius 1 is 0.889 bits per heavy atom. The lowest BCUT2D eigenvalue weighted by Gasteiger charge is -2.46. The van der Waals surface area contributed by atoms with Crippen molar-refractivity contribution < 1.29 is 22.7 Å². The number of anilines is 3. The highest BCUT2D eigenvalue weighted by molar-refractivity contribution is 7.92. The zero-order valence-electron chi connectivity index (χ0n) is 27.4. The third-order valence-corrected chi connectivity index (χ3v) is 11.4. The number of nitrogens with one attached hydrogen (secondary N) is 1. The smallest absolute Gasteiger partial charge is 0.414 e. The summed E-state index contributed by atoms with van der Waals surface area (Å²) in [6, 6.07) is 12.8. The summed E-state index contributed by atoms with van der Waals surface area (Å²) in [5, 5.41) is 3.50. The highest BCUT2D eigenvalue weighted by Crippen LogP contribution is 2.44. The van der Waals surface area contributed by atoms with Gasteiger partial charge < -0.3 is 15.0 Å². The average Bonchev–Trinajstić information content (AvgIpc) is 3.06. The number of hydrogen-bond donors (Lipinski definition) is 1. The van der Waals surface area contributed by atoms with Crippen LogP contribution in [0.4, 0.5) is 21.9 Å². The minimum absolute atomic E-state index is 0.0103. The fourth-order valence-electron chi connectivity index (χ4n) is 7.52. The van der Waals surface area contributed by atoms with Gasteiger partial charge in [-0.1, -0.05) is 69.6 Å². The van der Waals surface area contributed by atoms with E-state index in [4.69, 9.17) is 4.74 Å². The number of hydrogen-bond acceptors (Lipinski definition) is 6. The van der Waals surface area contributed by atoms with Gasteiger partial charge in [-0.2, -0.15) is 0 Å². The molecule has 1 saturated carbocycles. The van der Waals surface area contributed by atoms with Crippen LogP contribution >= 0.6 is 0 Å². The van der Waals surface area contributed by atoms with E-state index >= 15 is 0 Å². The van der Waals surface area contributed by atoms with Crippen molar-refractivity contribution in [2.24, 2.45) is 5.41 Å². The van der Waals surface area contributed by atoms with Gasteiger partial charge in [0, 0.05) is 32.5 Å². The van der Waals surface area contributed by atoms with Crippen LogP contribution in [0.5, 0.6) is 0 Å². The molecule has 2 fully saturated rings. The van der Waals surface area contributed by atoms with Crippen LogP contribution in [0, 0.1) is 5.41 Å². The highest BCUT2D eigenvalue weighted by atomic mass is 32.2. The Morgan fingerprint density at radius 3 is 2.09 bits per heavy atom. The first-order valence-electron chi connectivity index (χ1n) is 16.7. The molecular weight excluding hydrogens is 588 g/mol. The van der Waals surface area contributed by atoms with Crippen LogP contribution in [0.15, 0.2) is 42.5 Å². The standard InChI is InChI=1S/C35H50N4O5S/c1-26-25-38(34(41)44-33-24-36-22-21-35(33)19-11-9-7-5-6-8-10-12-20-35)32-23-29(15-18-31(32)39(26)27(2)40)28-13-16-30(17-14-28)37(3)45(4,42)43/h13-18,23,26,33,36H,5-12,19-22,24-25H2,1-4H3/t26-,33?/m0/s1. The van der Waals surface area contributed by atoms with Crippen molar-refractivity contribution in [3.05, 3.63) is 42.5 Å². The lowest BCUT2D eigenvalue weighted by atomic mass is 9.69. The summed E-state index contributed by atoms with van der Waals surface area (Å²) in [6.07, 6.45) is 13.8. The molecule has 0 bridgehead atoms. The van der Waals surface area contributed by atoms with Gasteiger partial charge in [0.1, 0.15) is 6.10 Å². The molecule has 9 nitrogen and oxygen atoms in total. The maximum Gasteiger partial charge on any atom is 0.414 e. The molecule has 2 aromatic rings. The monoisotopic (exact) mass is 638 g/mol. The minimum atomic E-state index is -3.38. The third kappa shape index (κ3) is 7.49. The Hall–Kier alpha value is -3.11. The van der Waals surface area contributed by atoms with Gasteiger partial charge in [0.15, 0.2) is 0 Å². The van der Waals surface area contributed by atoms with Crippen LogP contribution < -0.4 is 19.4 Å². The molecule has 1 N–H and O–H groups in total. The van der Waals surface area contributed by atoms with Gasteiger partial charge in [0.05, 0.1) is 29.4 Å².